The molecule has 1 aliphatic rings. The maximum absolute atomic E-state index is 13.4. The number of amides is 1. The van der Waals surface area contributed by atoms with E-state index in [9.17, 15) is 9.18 Å². The van der Waals surface area contributed by atoms with Gasteiger partial charge in [0.25, 0.3) is 5.91 Å². The number of pyridine rings is 1. The lowest BCUT2D eigenvalue weighted by Gasteiger charge is -2.42. The number of carbonyl (C=O) groups is 1. The molecule has 0 aliphatic carbocycles. The molecule has 4 nitrogen and oxygen atoms in total. The van der Waals surface area contributed by atoms with Gasteiger partial charge in [0.2, 0.25) is 0 Å². The predicted octanol–water partition coefficient (Wildman–Crippen LogP) is 5.17. The van der Waals surface area contributed by atoms with Crippen molar-refractivity contribution in [3.05, 3.63) is 65.6 Å². The smallest absolute Gasteiger partial charge is 0.264 e. The molecule has 6 heteroatoms. The standard InChI is InChI=1S/C24H26FN3OS/c1-24(2,3)28-14-12-27(13-15-28)23(29)21-16-20(17-8-10-26-11-9-17)22(30-21)18-4-6-19(25)7-5-18/h4-11,16H,12-15H2,1-3H3. The van der Waals surface area contributed by atoms with Crippen LogP contribution >= 0.6 is 11.3 Å². The van der Waals surface area contributed by atoms with Gasteiger partial charge in [-0.2, -0.15) is 0 Å². The largest absolute Gasteiger partial charge is 0.335 e. The van der Waals surface area contributed by atoms with Gasteiger partial charge in [0.15, 0.2) is 0 Å². The Kier molecular flexibility index (Phi) is 5.71. The topological polar surface area (TPSA) is 36.4 Å². The van der Waals surface area contributed by atoms with E-state index in [1.165, 1.54) is 23.5 Å². The molecule has 1 saturated heterocycles. The van der Waals surface area contributed by atoms with Gasteiger partial charge >= 0.3 is 0 Å². The zero-order valence-corrected chi connectivity index (χ0v) is 18.4. The second-order valence-corrected chi connectivity index (χ2v) is 9.60. The van der Waals surface area contributed by atoms with Crippen LogP contribution < -0.4 is 0 Å². The molecule has 0 N–H and O–H groups in total. The Balaban J connectivity index is 1.64. The molecular formula is C24H26FN3OS. The summed E-state index contributed by atoms with van der Waals surface area (Å²) in [5.74, 6) is -0.203. The van der Waals surface area contributed by atoms with Gasteiger partial charge in [-0.15, -0.1) is 11.3 Å². The molecule has 0 atom stereocenters. The Morgan fingerprint density at radius 2 is 1.60 bits per heavy atom. The van der Waals surface area contributed by atoms with Crippen molar-refractivity contribution in [2.24, 2.45) is 0 Å². The summed E-state index contributed by atoms with van der Waals surface area (Å²) in [6.07, 6.45) is 3.49. The third-order valence-corrected chi connectivity index (χ3v) is 6.73. The van der Waals surface area contributed by atoms with Crippen molar-refractivity contribution in [1.29, 1.82) is 0 Å². The Morgan fingerprint density at radius 3 is 2.20 bits per heavy atom. The maximum atomic E-state index is 13.4. The first-order valence-electron chi connectivity index (χ1n) is 10.2. The van der Waals surface area contributed by atoms with Crippen molar-refractivity contribution in [2.75, 3.05) is 26.2 Å². The molecule has 156 valence electrons. The van der Waals surface area contributed by atoms with Crippen LogP contribution in [0.15, 0.2) is 54.9 Å². The molecule has 1 aliphatic heterocycles. The first-order chi connectivity index (χ1) is 14.3. The normalized spacial score (nSPS) is 15.4. The van der Waals surface area contributed by atoms with Gasteiger partial charge in [0.05, 0.1) is 4.88 Å². The summed E-state index contributed by atoms with van der Waals surface area (Å²) in [5, 5.41) is 0. The molecule has 3 aromatic rings. The number of nitrogens with zero attached hydrogens (tertiary/aromatic N) is 3. The fourth-order valence-electron chi connectivity index (χ4n) is 3.79. The Morgan fingerprint density at radius 1 is 0.967 bits per heavy atom. The van der Waals surface area contributed by atoms with Crippen LogP contribution in [0.4, 0.5) is 4.39 Å². The predicted molar refractivity (Wildman–Crippen MR) is 120 cm³/mol. The summed E-state index contributed by atoms with van der Waals surface area (Å²) in [6.45, 7) is 9.83. The number of piperazine rings is 1. The SMILES string of the molecule is CC(C)(C)N1CCN(C(=O)c2cc(-c3ccncc3)c(-c3ccc(F)cc3)s2)CC1. The van der Waals surface area contributed by atoms with Gasteiger partial charge in [0.1, 0.15) is 5.82 Å². The minimum atomic E-state index is -0.270. The highest BCUT2D eigenvalue weighted by atomic mass is 32.1. The molecule has 2 aromatic heterocycles. The summed E-state index contributed by atoms with van der Waals surface area (Å²) in [5.41, 5.74) is 3.00. The highest BCUT2D eigenvalue weighted by Gasteiger charge is 2.29. The van der Waals surface area contributed by atoms with E-state index in [0.717, 1.165) is 47.7 Å². The van der Waals surface area contributed by atoms with E-state index in [-0.39, 0.29) is 17.3 Å². The minimum Gasteiger partial charge on any atom is -0.335 e. The quantitative estimate of drug-likeness (QED) is 0.583. The van der Waals surface area contributed by atoms with Crippen molar-refractivity contribution >= 4 is 17.2 Å². The van der Waals surface area contributed by atoms with E-state index >= 15 is 0 Å². The van der Waals surface area contributed by atoms with Crippen LogP contribution in [0.2, 0.25) is 0 Å². The van der Waals surface area contributed by atoms with Gasteiger partial charge in [-0.3, -0.25) is 14.7 Å². The van der Waals surface area contributed by atoms with Crippen molar-refractivity contribution in [3.63, 3.8) is 0 Å². The van der Waals surface area contributed by atoms with Crippen molar-refractivity contribution < 1.29 is 9.18 Å². The zero-order chi connectivity index (χ0) is 21.3. The number of hydrogen-bond acceptors (Lipinski definition) is 4. The summed E-state index contributed by atoms with van der Waals surface area (Å²) >= 11 is 1.47. The Labute approximate surface area is 181 Å². The summed E-state index contributed by atoms with van der Waals surface area (Å²) in [4.78, 5) is 23.4. The molecular weight excluding hydrogens is 397 g/mol. The molecule has 3 heterocycles. The van der Waals surface area contributed by atoms with Crippen LogP contribution in [-0.2, 0) is 0 Å². The van der Waals surface area contributed by atoms with Crippen molar-refractivity contribution in [1.82, 2.24) is 14.8 Å². The van der Waals surface area contributed by atoms with E-state index < -0.39 is 0 Å². The molecule has 1 amide bonds. The number of thiophene rings is 1. The summed E-state index contributed by atoms with van der Waals surface area (Å²) in [6, 6.07) is 12.3. The summed E-state index contributed by atoms with van der Waals surface area (Å²) < 4.78 is 13.4. The molecule has 1 fully saturated rings. The molecule has 0 spiro atoms. The molecule has 0 bridgehead atoms. The van der Waals surface area contributed by atoms with E-state index in [0.29, 0.717) is 4.88 Å². The van der Waals surface area contributed by atoms with E-state index in [1.54, 1.807) is 24.5 Å². The van der Waals surface area contributed by atoms with Crippen LogP contribution in [0.5, 0.6) is 0 Å². The van der Waals surface area contributed by atoms with Crippen LogP contribution in [0.1, 0.15) is 30.4 Å². The summed E-state index contributed by atoms with van der Waals surface area (Å²) in [7, 11) is 0. The lowest BCUT2D eigenvalue weighted by molar-refractivity contribution is 0.0455. The van der Waals surface area contributed by atoms with Crippen LogP contribution in [-0.4, -0.2) is 52.4 Å². The van der Waals surface area contributed by atoms with Gasteiger partial charge in [-0.25, -0.2) is 4.39 Å². The minimum absolute atomic E-state index is 0.0669. The maximum Gasteiger partial charge on any atom is 0.264 e. The highest BCUT2D eigenvalue weighted by Crippen LogP contribution is 2.40. The molecule has 0 saturated carbocycles. The first kappa shape index (κ1) is 20.7. The van der Waals surface area contributed by atoms with Crippen molar-refractivity contribution in [3.8, 4) is 21.6 Å². The van der Waals surface area contributed by atoms with Crippen LogP contribution in [0, 0.1) is 5.82 Å². The number of carbonyl (C=O) groups excluding carboxylic acids is 1. The average Bonchev–Trinajstić information content (AvgIpc) is 3.19. The van der Waals surface area contributed by atoms with E-state index in [2.05, 4.69) is 30.7 Å². The number of rotatable bonds is 3. The monoisotopic (exact) mass is 423 g/mol. The number of benzene rings is 1. The Bertz CT molecular complexity index is 1020. The first-order valence-corrected chi connectivity index (χ1v) is 11.0. The highest BCUT2D eigenvalue weighted by molar-refractivity contribution is 7.18. The van der Waals surface area contributed by atoms with Gasteiger partial charge in [-0.05, 0) is 62.2 Å². The van der Waals surface area contributed by atoms with E-state index in [1.807, 2.05) is 23.1 Å². The van der Waals surface area contributed by atoms with E-state index in [4.69, 9.17) is 0 Å². The molecule has 4 rings (SSSR count). The number of halogens is 1. The van der Waals surface area contributed by atoms with Gasteiger partial charge in [0, 0.05) is 54.6 Å². The van der Waals surface area contributed by atoms with Crippen molar-refractivity contribution in [2.45, 2.75) is 26.3 Å². The third kappa shape index (κ3) is 4.30. The molecule has 0 radical (unpaired) electrons. The van der Waals surface area contributed by atoms with Gasteiger partial charge in [-0.1, -0.05) is 12.1 Å². The number of aromatic nitrogens is 1. The second kappa shape index (κ2) is 8.28. The fraction of sp³-hybridized carbons (Fsp3) is 0.333. The van der Waals surface area contributed by atoms with Gasteiger partial charge < -0.3 is 4.90 Å². The van der Waals surface area contributed by atoms with Crippen LogP contribution in [0.3, 0.4) is 0 Å². The lowest BCUT2D eigenvalue weighted by atomic mass is 10.0. The van der Waals surface area contributed by atoms with Crippen LogP contribution in [0.25, 0.3) is 21.6 Å². The molecule has 30 heavy (non-hydrogen) atoms. The zero-order valence-electron chi connectivity index (χ0n) is 17.6. The lowest BCUT2D eigenvalue weighted by Crippen LogP contribution is -2.54. The fourth-order valence-corrected chi connectivity index (χ4v) is 4.95. The Hall–Kier alpha value is -2.57. The molecule has 1 aromatic carbocycles. The second-order valence-electron chi connectivity index (χ2n) is 8.55. The molecule has 0 unspecified atom stereocenters. The third-order valence-electron chi connectivity index (χ3n) is 5.56. The average molecular weight is 424 g/mol. The number of hydrogen-bond donors (Lipinski definition) is 0.